The highest BCUT2D eigenvalue weighted by atomic mass is 15.2. The molecule has 2 unspecified atom stereocenters. The molecule has 0 radical (unpaired) electrons. The molecule has 3 rings (SSSR count). The van der Waals surface area contributed by atoms with Gasteiger partial charge in [-0.15, -0.1) is 0 Å². The summed E-state index contributed by atoms with van der Waals surface area (Å²) in [5.41, 5.74) is 3.56. The van der Waals surface area contributed by atoms with Crippen LogP contribution in [0.5, 0.6) is 0 Å². The van der Waals surface area contributed by atoms with Crippen LogP contribution in [0.25, 0.3) is 0 Å². The van der Waals surface area contributed by atoms with Gasteiger partial charge < -0.3 is 5.32 Å². The molecule has 0 saturated carbocycles. The number of likely N-dealkylation sites (N-methyl/N-ethyl adjacent to an activating group) is 1. The summed E-state index contributed by atoms with van der Waals surface area (Å²) >= 11 is 0. The van der Waals surface area contributed by atoms with E-state index < -0.39 is 0 Å². The van der Waals surface area contributed by atoms with Crippen molar-refractivity contribution in [2.75, 3.05) is 20.1 Å². The van der Waals surface area contributed by atoms with Gasteiger partial charge in [-0.1, -0.05) is 38.1 Å². The van der Waals surface area contributed by atoms with E-state index in [9.17, 15) is 0 Å². The molecule has 21 heavy (non-hydrogen) atoms. The third kappa shape index (κ3) is 3.17. The normalized spacial score (nSPS) is 29.7. The zero-order valence-electron chi connectivity index (χ0n) is 13.9. The van der Waals surface area contributed by atoms with E-state index in [-0.39, 0.29) is 0 Å². The van der Waals surface area contributed by atoms with E-state index in [4.69, 9.17) is 0 Å². The molecule has 1 N–H and O–H groups in total. The van der Waals surface area contributed by atoms with Gasteiger partial charge in [-0.2, -0.15) is 0 Å². The molecule has 1 heterocycles. The van der Waals surface area contributed by atoms with Gasteiger partial charge in [-0.05, 0) is 62.2 Å². The quantitative estimate of drug-likeness (QED) is 0.833. The monoisotopic (exact) mass is 286 g/mol. The maximum atomic E-state index is 3.63. The molecule has 2 atom stereocenters. The average molecular weight is 286 g/mol. The lowest BCUT2D eigenvalue weighted by Gasteiger charge is -2.44. The molecule has 0 bridgehead atoms. The molecule has 116 valence electrons. The summed E-state index contributed by atoms with van der Waals surface area (Å²) in [5, 5.41) is 3.63. The van der Waals surface area contributed by atoms with Gasteiger partial charge in [0.2, 0.25) is 0 Å². The lowest BCUT2D eigenvalue weighted by Crippen LogP contribution is -2.50. The van der Waals surface area contributed by atoms with Crippen LogP contribution in [0.15, 0.2) is 24.3 Å². The Morgan fingerprint density at radius 3 is 2.76 bits per heavy atom. The summed E-state index contributed by atoms with van der Waals surface area (Å²) in [5.74, 6) is 0. The fourth-order valence-corrected chi connectivity index (χ4v) is 4.43. The second-order valence-corrected chi connectivity index (χ2v) is 7.66. The van der Waals surface area contributed by atoms with Crippen LogP contribution in [0.2, 0.25) is 0 Å². The highest BCUT2D eigenvalue weighted by Crippen LogP contribution is 2.36. The summed E-state index contributed by atoms with van der Waals surface area (Å²) in [4.78, 5) is 2.77. The molecule has 1 fully saturated rings. The van der Waals surface area contributed by atoms with E-state index in [0.717, 1.165) is 0 Å². The number of nitrogens with one attached hydrogen (secondary N) is 1. The average Bonchev–Trinajstić information content (AvgIpc) is 2.65. The third-order valence-corrected chi connectivity index (χ3v) is 5.43. The van der Waals surface area contributed by atoms with Gasteiger partial charge >= 0.3 is 0 Å². The Bertz CT molecular complexity index is 480. The second-order valence-electron chi connectivity index (χ2n) is 7.66. The molecule has 0 amide bonds. The number of hydrogen-bond donors (Lipinski definition) is 1. The summed E-state index contributed by atoms with van der Waals surface area (Å²) in [6.45, 7) is 7.38. The zero-order chi connectivity index (χ0) is 14.9. The SMILES string of the molecule is CNC1c2ccccc2CCCC1N1CCCC(C)(C)C1. The topological polar surface area (TPSA) is 15.3 Å². The maximum Gasteiger partial charge on any atom is 0.0478 e. The molecular formula is C19H30N2. The molecule has 2 heteroatoms. The fourth-order valence-electron chi connectivity index (χ4n) is 4.43. The number of hydrogen-bond acceptors (Lipinski definition) is 2. The Morgan fingerprint density at radius 1 is 1.19 bits per heavy atom. The molecule has 1 saturated heterocycles. The van der Waals surface area contributed by atoms with Crippen LogP contribution in [0, 0.1) is 5.41 Å². The van der Waals surface area contributed by atoms with Crippen molar-refractivity contribution in [3.63, 3.8) is 0 Å². The van der Waals surface area contributed by atoms with Gasteiger partial charge in [0, 0.05) is 18.6 Å². The lowest BCUT2D eigenvalue weighted by atomic mass is 9.82. The minimum atomic E-state index is 0.475. The smallest absolute Gasteiger partial charge is 0.0478 e. The zero-order valence-corrected chi connectivity index (χ0v) is 13.9. The summed E-state index contributed by atoms with van der Waals surface area (Å²) in [6.07, 6.45) is 6.59. The Hall–Kier alpha value is -0.860. The van der Waals surface area contributed by atoms with E-state index in [0.29, 0.717) is 17.5 Å². The second kappa shape index (κ2) is 6.10. The molecule has 1 aromatic rings. The molecule has 1 aliphatic heterocycles. The largest absolute Gasteiger partial charge is 0.312 e. The van der Waals surface area contributed by atoms with Crippen molar-refractivity contribution in [2.24, 2.45) is 5.41 Å². The predicted octanol–water partition coefficient (Wildman–Crippen LogP) is 3.77. The molecule has 0 aromatic heterocycles. The van der Waals surface area contributed by atoms with Gasteiger partial charge in [0.05, 0.1) is 0 Å². The lowest BCUT2D eigenvalue weighted by molar-refractivity contribution is 0.0580. The van der Waals surface area contributed by atoms with Gasteiger partial charge in [0.25, 0.3) is 0 Å². The molecule has 1 aliphatic carbocycles. The van der Waals surface area contributed by atoms with Gasteiger partial charge in [-0.3, -0.25) is 4.90 Å². The molecule has 1 aromatic carbocycles. The van der Waals surface area contributed by atoms with Crippen molar-refractivity contribution < 1.29 is 0 Å². The summed E-state index contributed by atoms with van der Waals surface area (Å²) in [7, 11) is 2.13. The Labute approximate surface area is 129 Å². The molecule has 0 spiro atoms. The van der Waals surface area contributed by atoms with E-state index in [1.807, 2.05) is 0 Å². The summed E-state index contributed by atoms with van der Waals surface area (Å²) < 4.78 is 0. The highest BCUT2D eigenvalue weighted by molar-refractivity contribution is 5.32. The van der Waals surface area contributed by atoms with E-state index in [1.165, 1.54) is 50.8 Å². The van der Waals surface area contributed by atoms with Crippen LogP contribution in [-0.2, 0) is 6.42 Å². The van der Waals surface area contributed by atoms with Crippen LogP contribution in [0.1, 0.15) is 56.7 Å². The number of likely N-dealkylation sites (tertiary alicyclic amines) is 1. The first-order valence-corrected chi connectivity index (χ1v) is 8.60. The van der Waals surface area contributed by atoms with Gasteiger partial charge in [0.15, 0.2) is 0 Å². The maximum absolute atomic E-state index is 3.63. The van der Waals surface area contributed by atoms with Gasteiger partial charge in [-0.25, -0.2) is 0 Å². The van der Waals surface area contributed by atoms with E-state index >= 15 is 0 Å². The van der Waals surface area contributed by atoms with Crippen molar-refractivity contribution in [1.82, 2.24) is 10.2 Å². The van der Waals surface area contributed by atoms with Crippen LogP contribution in [0.4, 0.5) is 0 Å². The van der Waals surface area contributed by atoms with Crippen LogP contribution in [-0.4, -0.2) is 31.1 Å². The predicted molar refractivity (Wildman–Crippen MR) is 89.6 cm³/mol. The van der Waals surface area contributed by atoms with Crippen molar-refractivity contribution >= 4 is 0 Å². The Balaban J connectivity index is 1.88. The molecule has 2 nitrogen and oxygen atoms in total. The first kappa shape index (κ1) is 15.1. The highest BCUT2D eigenvalue weighted by Gasteiger charge is 2.35. The number of piperidine rings is 1. The fraction of sp³-hybridized carbons (Fsp3) is 0.684. The third-order valence-electron chi connectivity index (χ3n) is 5.43. The number of rotatable bonds is 2. The minimum absolute atomic E-state index is 0.475. The van der Waals surface area contributed by atoms with Gasteiger partial charge in [0.1, 0.15) is 0 Å². The number of nitrogens with zero attached hydrogens (tertiary/aromatic N) is 1. The minimum Gasteiger partial charge on any atom is -0.312 e. The standard InChI is InChI=1S/C19H30N2/c1-19(2)12-7-13-21(14-19)17-11-6-9-15-8-4-5-10-16(15)18(17)20-3/h4-5,8,10,17-18,20H,6-7,9,11-14H2,1-3H3. The first-order valence-electron chi connectivity index (χ1n) is 8.60. The van der Waals surface area contributed by atoms with Crippen molar-refractivity contribution in [2.45, 2.75) is 58.0 Å². The van der Waals surface area contributed by atoms with E-state index in [2.05, 4.69) is 55.4 Å². The molecular weight excluding hydrogens is 256 g/mol. The van der Waals surface area contributed by atoms with E-state index in [1.54, 1.807) is 5.56 Å². The number of benzene rings is 1. The first-order chi connectivity index (χ1) is 10.1. The number of aryl methyl sites for hydroxylation is 1. The van der Waals surface area contributed by atoms with Crippen molar-refractivity contribution in [3.05, 3.63) is 35.4 Å². The number of fused-ring (bicyclic) bond motifs is 1. The summed E-state index contributed by atoms with van der Waals surface area (Å²) in [6, 6.07) is 10.2. The van der Waals surface area contributed by atoms with Crippen molar-refractivity contribution in [1.29, 1.82) is 0 Å². The molecule has 2 aliphatic rings. The van der Waals surface area contributed by atoms with Crippen LogP contribution >= 0.6 is 0 Å². The van der Waals surface area contributed by atoms with Crippen LogP contribution < -0.4 is 5.32 Å². The van der Waals surface area contributed by atoms with Crippen molar-refractivity contribution in [3.8, 4) is 0 Å². The Morgan fingerprint density at radius 2 is 2.00 bits per heavy atom. The Kier molecular flexibility index (Phi) is 4.37. The van der Waals surface area contributed by atoms with Crippen LogP contribution in [0.3, 0.4) is 0 Å².